The maximum absolute atomic E-state index is 11.8. The summed E-state index contributed by atoms with van der Waals surface area (Å²) in [5.41, 5.74) is 0. The van der Waals surface area contributed by atoms with E-state index in [0.717, 1.165) is 35.4 Å². The van der Waals surface area contributed by atoms with Gasteiger partial charge in [-0.3, -0.25) is 9.59 Å². The van der Waals surface area contributed by atoms with E-state index in [1.165, 1.54) is 35.9 Å². The van der Waals surface area contributed by atoms with E-state index < -0.39 is 0 Å². The smallest absolute Gasteiger partial charge is 0.230 e. The van der Waals surface area contributed by atoms with Crippen LogP contribution in [0.5, 0.6) is 0 Å². The van der Waals surface area contributed by atoms with E-state index in [2.05, 4.69) is 20.8 Å². The molecule has 9 heteroatoms. The first-order chi connectivity index (χ1) is 11.2. The van der Waals surface area contributed by atoms with E-state index in [9.17, 15) is 9.59 Å². The van der Waals surface area contributed by atoms with Crippen molar-refractivity contribution in [2.45, 2.75) is 42.5 Å². The molecule has 1 aliphatic heterocycles. The van der Waals surface area contributed by atoms with Crippen molar-refractivity contribution in [3.8, 4) is 0 Å². The number of carbonyl (C=O) groups is 2. The quantitative estimate of drug-likeness (QED) is 0.513. The third-order valence-corrected chi connectivity index (χ3v) is 5.72. The first-order valence-electron chi connectivity index (χ1n) is 7.98. The lowest BCUT2D eigenvalue weighted by Gasteiger charge is -2.15. The number of rotatable bonds is 9. The van der Waals surface area contributed by atoms with Crippen LogP contribution in [0.2, 0.25) is 0 Å². The monoisotopic (exact) mass is 355 g/mol. The van der Waals surface area contributed by atoms with Crippen LogP contribution >= 0.6 is 23.1 Å². The van der Waals surface area contributed by atoms with Gasteiger partial charge in [0.25, 0.3) is 0 Å². The van der Waals surface area contributed by atoms with Gasteiger partial charge in [0, 0.05) is 32.1 Å². The Kier molecular flexibility index (Phi) is 5.71. The van der Waals surface area contributed by atoms with Gasteiger partial charge in [-0.15, -0.1) is 10.2 Å². The second-order valence-corrected chi connectivity index (χ2v) is 7.97. The number of nitrogens with one attached hydrogen (secondary N) is 2. The van der Waals surface area contributed by atoms with Crippen molar-refractivity contribution >= 4 is 40.0 Å². The normalized spacial score (nSPS) is 17.6. The summed E-state index contributed by atoms with van der Waals surface area (Å²) in [5, 5.41) is 15.2. The molecule has 1 saturated heterocycles. The zero-order chi connectivity index (χ0) is 16.1. The van der Waals surface area contributed by atoms with Gasteiger partial charge in [0.15, 0.2) is 4.34 Å². The molecule has 2 aliphatic rings. The summed E-state index contributed by atoms with van der Waals surface area (Å²) in [6.07, 6.45) is 4.83. The van der Waals surface area contributed by atoms with Crippen molar-refractivity contribution in [2.75, 3.05) is 30.7 Å². The molecule has 0 unspecified atom stereocenters. The van der Waals surface area contributed by atoms with Crippen LogP contribution < -0.4 is 10.6 Å². The van der Waals surface area contributed by atoms with E-state index in [1.807, 2.05) is 4.90 Å². The fourth-order valence-corrected chi connectivity index (χ4v) is 4.00. The van der Waals surface area contributed by atoms with E-state index in [4.69, 9.17) is 0 Å². The molecule has 1 aromatic heterocycles. The van der Waals surface area contributed by atoms with E-state index in [-0.39, 0.29) is 11.8 Å². The molecule has 126 valence electrons. The third-order valence-electron chi connectivity index (χ3n) is 3.74. The first-order valence-corrected chi connectivity index (χ1v) is 9.78. The van der Waals surface area contributed by atoms with Gasteiger partial charge >= 0.3 is 0 Å². The summed E-state index contributed by atoms with van der Waals surface area (Å²) in [6, 6.07) is 0.562. The van der Waals surface area contributed by atoms with Gasteiger partial charge in [0.05, 0.1) is 5.75 Å². The molecule has 2 amide bonds. The number of nitrogens with zero attached hydrogens (tertiary/aromatic N) is 3. The van der Waals surface area contributed by atoms with Crippen molar-refractivity contribution in [3.05, 3.63) is 0 Å². The maximum Gasteiger partial charge on any atom is 0.230 e. The minimum absolute atomic E-state index is 0.00495. The molecule has 0 bridgehead atoms. The Labute approximate surface area is 143 Å². The molecule has 0 spiro atoms. The van der Waals surface area contributed by atoms with Gasteiger partial charge in [-0.25, -0.2) is 0 Å². The molecule has 1 aromatic rings. The molecule has 23 heavy (non-hydrogen) atoms. The van der Waals surface area contributed by atoms with Crippen molar-refractivity contribution in [1.82, 2.24) is 20.4 Å². The second-order valence-electron chi connectivity index (χ2n) is 5.77. The summed E-state index contributed by atoms with van der Waals surface area (Å²) in [4.78, 5) is 25.1. The van der Waals surface area contributed by atoms with Crippen LogP contribution in [-0.2, 0) is 9.59 Å². The molecule has 2 N–H and O–H groups in total. The maximum atomic E-state index is 11.8. The lowest BCUT2D eigenvalue weighted by atomic mass is 10.4. The summed E-state index contributed by atoms with van der Waals surface area (Å²) in [6.45, 7) is 2.20. The molecule has 1 aliphatic carbocycles. The number of anilines is 1. The fraction of sp³-hybridized carbons (Fsp3) is 0.714. The second kappa shape index (κ2) is 7.96. The Morgan fingerprint density at radius 3 is 3.00 bits per heavy atom. The van der Waals surface area contributed by atoms with Crippen LogP contribution in [0.3, 0.4) is 0 Å². The summed E-state index contributed by atoms with van der Waals surface area (Å²) in [7, 11) is 0. The molecular formula is C14H21N5O2S2. The predicted molar refractivity (Wildman–Crippen MR) is 90.7 cm³/mol. The van der Waals surface area contributed by atoms with Gasteiger partial charge in [0.1, 0.15) is 0 Å². The van der Waals surface area contributed by atoms with Crippen LogP contribution in [0.25, 0.3) is 0 Å². The van der Waals surface area contributed by atoms with Crippen LogP contribution in [0.4, 0.5) is 5.13 Å². The molecule has 0 radical (unpaired) electrons. The summed E-state index contributed by atoms with van der Waals surface area (Å²) >= 11 is 2.90. The Hall–Kier alpha value is -1.35. The Morgan fingerprint density at radius 2 is 2.26 bits per heavy atom. The van der Waals surface area contributed by atoms with Crippen molar-refractivity contribution in [2.24, 2.45) is 0 Å². The number of likely N-dealkylation sites (tertiary alicyclic amines) is 1. The van der Waals surface area contributed by atoms with Crippen molar-refractivity contribution in [1.29, 1.82) is 0 Å². The molecule has 1 saturated carbocycles. The zero-order valence-corrected chi connectivity index (χ0v) is 14.5. The Morgan fingerprint density at radius 1 is 1.39 bits per heavy atom. The number of hydrogen-bond donors (Lipinski definition) is 2. The van der Waals surface area contributed by atoms with Crippen LogP contribution in [0, 0.1) is 0 Å². The number of hydrogen-bond acceptors (Lipinski definition) is 7. The van der Waals surface area contributed by atoms with Crippen molar-refractivity contribution < 1.29 is 9.59 Å². The van der Waals surface area contributed by atoms with E-state index >= 15 is 0 Å². The van der Waals surface area contributed by atoms with Crippen LogP contribution in [0.15, 0.2) is 4.34 Å². The number of amides is 2. The molecular weight excluding hydrogens is 334 g/mol. The molecule has 0 aromatic carbocycles. The van der Waals surface area contributed by atoms with Gasteiger partial charge in [-0.1, -0.05) is 23.1 Å². The highest BCUT2D eigenvalue weighted by atomic mass is 32.2. The minimum atomic E-state index is -0.00495. The first kappa shape index (κ1) is 16.5. The van der Waals surface area contributed by atoms with Crippen LogP contribution in [-0.4, -0.2) is 58.3 Å². The molecule has 7 nitrogen and oxygen atoms in total. The largest absolute Gasteiger partial charge is 0.357 e. The lowest BCUT2D eigenvalue weighted by molar-refractivity contribution is -0.127. The highest BCUT2D eigenvalue weighted by molar-refractivity contribution is 8.01. The SMILES string of the molecule is O=C(CSc1nnc(NC2CC2)s1)NCCCN1CCCC1=O. The fourth-order valence-electron chi connectivity index (χ4n) is 2.35. The highest BCUT2D eigenvalue weighted by Crippen LogP contribution is 2.29. The summed E-state index contributed by atoms with van der Waals surface area (Å²) < 4.78 is 0.811. The van der Waals surface area contributed by atoms with Gasteiger partial charge in [-0.05, 0) is 25.7 Å². The average Bonchev–Trinajstić information content (AvgIpc) is 3.08. The number of carbonyl (C=O) groups excluding carboxylic acids is 2. The lowest BCUT2D eigenvalue weighted by Crippen LogP contribution is -2.31. The minimum Gasteiger partial charge on any atom is -0.357 e. The van der Waals surface area contributed by atoms with Crippen molar-refractivity contribution in [3.63, 3.8) is 0 Å². The highest BCUT2D eigenvalue weighted by Gasteiger charge is 2.22. The topological polar surface area (TPSA) is 87.2 Å². The third kappa shape index (κ3) is 5.35. The number of thioether (sulfide) groups is 1. The molecule has 0 atom stereocenters. The summed E-state index contributed by atoms with van der Waals surface area (Å²) in [5.74, 6) is 0.578. The molecule has 2 heterocycles. The van der Waals surface area contributed by atoms with Gasteiger partial charge < -0.3 is 15.5 Å². The Balaban J connectivity index is 1.27. The van der Waals surface area contributed by atoms with E-state index in [1.54, 1.807) is 0 Å². The average molecular weight is 355 g/mol. The van der Waals surface area contributed by atoms with Gasteiger partial charge in [0.2, 0.25) is 16.9 Å². The standard InChI is InChI=1S/C14H21N5O2S2/c20-11(15-6-2-8-19-7-1-3-12(19)21)9-22-14-18-17-13(23-14)16-10-4-5-10/h10H,1-9H2,(H,15,20)(H,16,17). The zero-order valence-electron chi connectivity index (χ0n) is 12.9. The van der Waals surface area contributed by atoms with Crippen LogP contribution in [0.1, 0.15) is 32.1 Å². The number of aromatic nitrogens is 2. The van der Waals surface area contributed by atoms with E-state index in [0.29, 0.717) is 24.8 Å². The molecule has 2 fully saturated rings. The Bertz CT molecular complexity index is 561. The molecule has 3 rings (SSSR count). The predicted octanol–water partition coefficient (Wildman–Crippen LogP) is 1.33. The van der Waals surface area contributed by atoms with Gasteiger partial charge in [-0.2, -0.15) is 0 Å².